The van der Waals surface area contributed by atoms with Crippen molar-refractivity contribution in [2.75, 3.05) is 0 Å². The minimum absolute atomic E-state index is 0.177. The SMILES string of the molecule is Cc1ccc(B(O)O)o1.OB(O)c1cc2ccccc2o1.OB(O)c1ccoc1. The molecule has 3 heterocycles. The number of hydrogen-bond donors (Lipinski definition) is 6. The molecule has 1 aromatic carbocycles. The van der Waals surface area contributed by atoms with E-state index in [4.69, 9.17) is 39.0 Å². The molecule has 0 radical (unpaired) electrons. The second-order valence-electron chi connectivity index (χ2n) is 5.81. The summed E-state index contributed by atoms with van der Waals surface area (Å²) in [5, 5.41) is 52.3. The van der Waals surface area contributed by atoms with Gasteiger partial charge in [-0.25, -0.2) is 0 Å². The number of furan rings is 3. The molecule has 0 saturated heterocycles. The van der Waals surface area contributed by atoms with Crippen LogP contribution in [0.4, 0.5) is 0 Å². The van der Waals surface area contributed by atoms with E-state index in [9.17, 15) is 0 Å². The van der Waals surface area contributed by atoms with E-state index in [1.807, 2.05) is 18.2 Å². The van der Waals surface area contributed by atoms with Crippen molar-refractivity contribution in [1.29, 1.82) is 0 Å². The van der Waals surface area contributed by atoms with Crippen LogP contribution in [0.5, 0.6) is 0 Å². The summed E-state index contributed by atoms with van der Waals surface area (Å²) in [5.74, 6) is 0.679. The maximum Gasteiger partial charge on any atom is 0.526 e. The monoisotopic (exact) mass is 400 g/mol. The number of aryl methyl sites for hydroxylation is 1. The lowest BCUT2D eigenvalue weighted by atomic mass is 9.83. The van der Waals surface area contributed by atoms with Crippen LogP contribution in [0.15, 0.2) is 74.3 Å². The second-order valence-corrected chi connectivity index (χ2v) is 5.81. The fraction of sp³-hybridized carbons (Fsp3) is 0.0588. The Balaban J connectivity index is 0.000000160. The van der Waals surface area contributed by atoms with Crippen LogP contribution in [0, 0.1) is 6.92 Å². The molecule has 0 atom stereocenters. The van der Waals surface area contributed by atoms with Crippen molar-refractivity contribution in [3.63, 3.8) is 0 Å². The normalized spacial score (nSPS) is 9.90. The fourth-order valence-corrected chi connectivity index (χ4v) is 2.14. The van der Waals surface area contributed by atoms with Gasteiger partial charge in [0.25, 0.3) is 0 Å². The lowest BCUT2D eigenvalue weighted by Crippen LogP contribution is -2.27. The highest BCUT2D eigenvalue weighted by molar-refractivity contribution is 6.58. The van der Waals surface area contributed by atoms with Crippen LogP contribution in [0.1, 0.15) is 5.76 Å². The fourth-order valence-electron chi connectivity index (χ4n) is 2.14. The Morgan fingerprint density at radius 2 is 1.41 bits per heavy atom. The van der Waals surface area contributed by atoms with Gasteiger partial charge in [0.15, 0.2) is 0 Å². The van der Waals surface area contributed by atoms with E-state index in [2.05, 4.69) is 4.42 Å². The van der Waals surface area contributed by atoms with E-state index in [-0.39, 0.29) is 11.3 Å². The standard InChI is InChI=1S/C8H7BO3.C5H7BO3.C4H5BO3/c10-9(11)8-5-6-3-1-2-4-7(6)12-8;1-4-2-3-5(9-4)6(7)8;6-5(7)4-1-2-8-3-4/h1-5,10-11H;2-3,7-8H,1H3;1-3,6-7H. The summed E-state index contributed by atoms with van der Waals surface area (Å²) in [6, 6.07) is 13.6. The Morgan fingerprint density at radius 1 is 0.724 bits per heavy atom. The Morgan fingerprint density at radius 3 is 1.83 bits per heavy atom. The Bertz CT molecular complexity index is 944. The smallest absolute Gasteiger partial charge is 0.473 e. The molecule has 12 heteroatoms. The van der Waals surface area contributed by atoms with Crippen molar-refractivity contribution in [3.05, 3.63) is 66.8 Å². The lowest BCUT2D eigenvalue weighted by Gasteiger charge is -1.88. The summed E-state index contributed by atoms with van der Waals surface area (Å²) in [7, 11) is -4.43. The molecule has 0 aliphatic rings. The largest absolute Gasteiger partial charge is 0.526 e. The van der Waals surface area contributed by atoms with Crippen molar-refractivity contribution >= 4 is 49.1 Å². The van der Waals surface area contributed by atoms with Gasteiger partial charge < -0.3 is 43.4 Å². The molecule has 0 bridgehead atoms. The quantitative estimate of drug-likeness (QED) is 0.221. The molecule has 150 valence electrons. The van der Waals surface area contributed by atoms with Gasteiger partial charge in [-0.3, -0.25) is 0 Å². The third kappa shape index (κ3) is 6.98. The summed E-state index contributed by atoms with van der Waals surface area (Å²) in [5.41, 5.74) is 1.41. The zero-order chi connectivity index (χ0) is 21.4. The van der Waals surface area contributed by atoms with Crippen LogP contribution < -0.4 is 16.8 Å². The summed E-state index contributed by atoms with van der Waals surface area (Å²) < 4.78 is 14.5. The highest BCUT2D eigenvalue weighted by atomic mass is 16.4. The second kappa shape index (κ2) is 10.7. The van der Waals surface area contributed by atoms with Crippen molar-refractivity contribution in [1.82, 2.24) is 0 Å². The third-order valence-corrected chi connectivity index (χ3v) is 3.56. The van der Waals surface area contributed by atoms with Crippen LogP contribution in [-0.2, 0) is 0 Å². The molecule has 0 saturated carbocycles. The minimum atomic E-state index is -1.53. The first-order valence-corrected chi connectivity index (χ1v) is 8.43. The van der Waals surface area contributed by atoms with Crippen LogP contribution >= 0.6 is 0 Å². The van der Waals surface area contributed by atoms with Gasteiger partial charge in [0.2, 0.25) is 0 Å². The molecular formula is C17H19B3O9. The third-order valence-electron chi connectivity index (χ3n) is 3.56. The number of fused-ring (bicyclic) bond motifs is 1. The number of hydrogen-bond acceptors (Lipinski definition) is 9. The van der Waals surface area contributed by atoms with E-state index in [0.717, 1.165) is 5.39 Å². The zero-order valence-corrected chi connectivity index (χ0v) is 15.4. The molecule has 0 spiro atoms. The molecule has 9 nitrogen and oxygen atoms in total. The molecule has 29 heavy (non-hydrogen) atoms. The first-order chi connectivity index (χ1) is 13.8. The lowest BCUT2D eigenvalue weighted by molar-refractivity contribution is 0.407. The van der Waals surface area contributed by atoms with Crippen LogP contribution in [0.2, 0.25) is 0 Å². The van der Waals surface area contributed by atoms with Gasteiger partial charge in [0, 0.05) is 10.8 Å². The molecule has 4 rings (SSSR count). The summed E-state index contributed by atoms with van der Waals surface area (Å²) in [4.78, 5) is 0. The molecule has 6 N–H and O–H groups in total. The summed E-state index contributed by atoms with van der Waals surface area (Å²) >= 11 is 0. The van der Waals surface area contributed by atoms with Crippen molar-refractivity contribution < 1.29 is 43.4 Å². The van der Waals surface area contributed by atoms with Gasteiger partial charge in [-0.05, 0) is 37.3 Å². The minimum Gasteiger partial charge on any atom is -0.473 e. The Kier molecular flexibility index (Phi) is 8.34. The van der Waals surface area contributed by atoms with Gasteiger partial charge in [-0.2, -0.15) is 0 Å². The Labute approximate surface area is 166 Å². The van der Waals surface area contributed by atoms with Gasteiger partial charge in [0.1, 0.15) is 16.9 Å². The molecular weight excluding hydrogens is 381 g/mol. The molecule has 3 aromatic heterocycles. The van der Waals surface area contributed by atoms with Crippen molar-refractivity contribution in [3.8, 4) is 0 Å². The molecule has 0 unspecified atom stereocenters. The van der Waals surface area contributed by atoms with E-state index in [1.54, 1.807) is 25.1 Å². The first kappa shape index (κ1) is 22.6. The number of rotatable bonds is 3. The first-order valence-electron chi connectivity index (χ1n) is 8.43. The molecule has 0 fully saturated rings. The number of para-hydroxylation sites is 1. The van der Waals surface area contributed by atoms with Gasteiger partial charge in [0.05, 0.1) is 18.3 Å². The summed E-state index contributed by atoms with van der Waals surface area (Å²) in [6.07, 6.45) is 2.67. The van der Waals surface area contributed by atoms with Gasteiger partial charge in [-0.1, -0.05) is 18.2 Å². The maximum absolute atomic E-state index is 8.79. The maximum atomic E-state index is 8.79. The average molecular weight is 400 g/mol. The summed E-state index contributed by atoms with van der Waals surface area (Å²) in [6.45, 7) is 1.74. The van der Waals surface area contributed by atoms with E-state index >= 15 is 0 Å². The van der Waals surface area contributed by atoms with Crippen LogP contribution in [0.25, 0.3) is 11.0 Å². The highest BCUT2D eigenvalue weighted by Gasteiger charge is 2.16. The number of benzene rings is 1. The molecule has 0 amide bonds. The molecule has 0 aliphatic carbocycles. The predicted molar refractivity (Wildman–Crippen MR) is 108 cm³/mol. The van der Waals surface area contributed by atoms with Crippen molar-refractivity contribution in [2.45, 2.75) is 6.92 Å². The Hall–Kier alpha value is -2.73. The molecule has 4 aromatic rings. The highest BCUT2D eigenvalue weighted by Crippen LogP contribution is 2.12. The van der Waals surface area contributed by atoms with Crippen LogP contribution in [-0.4, -0.2) is 51.5 Å². The molecule has 0 aliphatic heterocycles. The van der Waals surface area contributed by atoms with E-state index in [1.165, 1.54) is 24.7 Å². The van der Waals surface area contributed by atoms with Crippen molar-refractivity contribution in [2.24, 2.45) is 0 Å². The predicted octanol–water partition coefficient (Wildman–Crippen LogP) is -1.66. The van der Waals surface area contributed by atoms with Gasteiger partial charge >= 0.3 is 21.4 Å². The van der Waals surface area contributed by atoms with E-state index < -0.39 is 21.4 Å². The van der Waals surface area contributed by atoms with E-state index in [0.29, 0.717) is 16.8 Å². The zero-order valence-electron chi connectivity index (χ0n) is 15.4. The average Bonchev–Trinajstić information content (AvgIpc) is 3.42. The topological polar surface area (TPSA) is 161 Å². The van der Waals surface area contributed by atoms with Gasteiger partial charge in [-0.15, -0.1) is 0 Å². The van der Waals surface area contributed by atoms with Crippen LogP contribution in [0.3, 0.4) is 0 Å².